The van der Waals surface area contributed by atoms with Crippen LogP contribution < -0.4 is 0 Å². The number of furan rings is 1. The van der Waals surface area contributed by atoms with Gasteiger partial charge in [0.15, 0.2) is 0 Å². The molecule has 4 nitrogen and oxygen atoms in total. The molecule has 0 atom stereocenters. The number of halogens is 1. The summed E-state index contributed by atoms with van der Waals surface area (Å²) < 4.78 is 21.1. The summed E-state index contributed by atoms with van der Waals surface area (Å²) in [5.41, 5.74) is 1.21. The number of para-hydroxylation sites is 1. The minimum absolute atomic E-state index is 0.0545. The zero-order chi connectivity index (χ0) is 16.0. The maximum atomic E-state index is 13.5. The number of carboxylic acids is 1. The lowest BCUT2D eigenvalue weighted by Crippen LogP contribution is -2.04. The molecule has 0 aliphatic heterocycles. The van der Waals surface area contributed by atoms with Crippen LogP contribution in [0, 0.1) is 5.82 Å². The van der Waals surface area contributed by atoms with Gasteiger partial charge in [0, 0.05) is 17.0 Å². The van der Waals surface area contributed by atoms with E-state index in [0.29, 0.717) is 23.2 Å². The van der Waals surface area contributed by atoms with Crippen molar-refractivity contribution in [2.45, 2.75) is 6.54 Å². The molecule has 0 radical (unpaired) electrons. The van der Waals surface area contributed by atoms with Crippen LogP contribution in [0.25, 0.3) is 21.9 Å². The van der Waals surface area contributed by atoms with Gasteiger partial charge in [-0.25, -0.2) is 9.18 Å². The lowest BCUT2D eigenvalue weighted by atomic mass is 10.1. The lowest BCUT2D eigenvalue weighted by molar-refractivity contribution is 0.0698. The van der Waals surface area contributed by atoms with Gasteiger partial charge in [-0.2, -0.15) is 0 Å². The molecule has 0 saturated carbocycles. The Balaban J connectivity index is 1.84. The SMILES string of the molecule is O=C(O)c1cc(F)cc2ccn(Cc3cc4ccccc4o3)c12. The molecular formula is C18H12FNO3. The molecule has 0 amide bonds. The number of aromatic nitrogens is 1. The Bertz CT molecular complexity index is 1010. The Morgan fingerprint density at radius 3 is 2.74 bits per heavy atom. The molecule has 0 aliphatic carbocycles. The van der Waals surface area contributed by atoms with Crippen molar-refractivity contribution in [2.24, 2.45) is 0 Å². The molecule has 2 aromatic heterocycles. The number of nitrogens with zero attached hydrogens (tertiary/aromatic N) is 1. The molecule has 0 unspecified atom stereocenters. The van der Waals surface area contributed by atoms with Crippen molar-refractivity contribution < 1.29 is 18.7 Å². The third kappa shape index (κ3) is 2.26. The van der Waals surface area contributed by atoms with Crippen LogP contribution in [0.3, 0.4) is 0 Å². The van der Waals surface area contributed by atoms with Crippen molar-refractivity contribution in [1.29, 1.82) is 0 Å². The number of carbonyl (C=O) groups is 1. The van der Waals surface area contributed by atoms with Gasteiger partial charge in [0.05, 0.1) is 17.6 Å². The number of aromatic carboxylic acids is 1. The van der Waals surface area contributed by atoms with Gasteiger partial charge in [-0.05, 0) is 30.3 Å². The molecule has 1 N–H and O–H groups in total. The fourth-order valence-corrected chi connectivity index (χ4v) is 2.89. The fraction of sp³-hybridized carbons (Fsp3) is 0.0556. The van der Waals surface area contributed by atoms with Gasteiger partial charge in [0.25, 0.3) is 0 Å². The number of hydrogen-bond acceptors (Lipinski definition) is 2. The average Bonchev–Trinajstić information content (AvgIpc) is 3.10. The number of rotatable bonds is 3. The molecule has 0 aliphatic rings. The van der Waals surface area contributed by atoms with Crippen molar-refractivity contribution in [3.05, 3.63) is 71.9 Å². The third-order valence-corrected chi connectivity index (χ3v) is 3.86. The first-order chi connectivity index (χ1) is 11.1. The fourth-order valence-electron chi connectivity index (χ4n) is 2.89. The normalized spacial score (nSPS) is 11.3. The second-order valence-corrected chi connectivity index (χ2v) is 5.39. The van der Waals surface area contributed by atoms with E-state index in [4.69, 9.17) is 4.42 Å². The lowest BCUT2D eigenvalue weighted by Gasteiger charge is -2.06. The highest BCUT2D eigenvalue weighted by molar-refractivity contribution is 6.02. The highest BCUT2D eigenvalue weighted by Gasteiger charge is 2.15. The van der Waals surface area contributed by atoms with E-state index in [2.05, 4.69) is 0 Å². The van der Waals surface area contributed by atoms with E-state index in [1.54, 1.807) is 16.8 Å². The van der Waals surface area contributed by atoms with Crippen molar-refractivity contribution in [3.63, 3.8) is 0 Å². The molecule has 2 heterocycles. The van der Waals surface area contributed by atoms with Crippen LogP contribution in [-0.4, -0.2) is 15.6 Å². The summed E-state index contributed by atoms with van der Waals surface area (Å²) in [4.78, 5) is 11.4. The molecule has 0 bridgehead atoms. The number of hydrogen-bond donors (Lipinski definition) is 1. The van der Waals surface area contributed by atoms with Crippen molar-refractivity contribution in [3.8, 4) is 0 Å². The Labute approximate surface area is 130 Å². The van der Waals surface area contributed by atoms with Crippen LogP contribution in [0.4, 0.5) is 4.39 Å². The van der Waals surface area contributed by atoms with Gasteiger partial charge < -0.3 is 14.1 Å². The summed E-state index contributed by atoms with van der Waals surface area (Å²) in [7, 11) is 0. The number of fused-ring (bicyclic) bond motifs is 2. The largest absolute Gasteiger partial charge is 0.478 e. The predicted molar refractivity (Wildman–Crippen MR) is 84.2 cm³/mol. The molecule has 23 heavy (non-hydrogen) atoms. The van der Waals surface area contributed by atoms with E-state index in [1.807, 2.05) is 30.3 Å². The van der Waals surface area contributed by atoms with E-state index < -0.39 is 11.8 Å². The van der Waals surface area contributed by atoms with Gasteiger partial charge in [-0.3, -0.25) is 0 Å². The first-order valence-corrected chi connectivity index (χ1v) is 7.11. The molecule has 114 valence electrons. The highest BCUT2D eigenvalue weighted by Crippen LogP contribution is 2.25. The molecule has 0 saturated heterocycles. The zero-order valence-electron chi connectivity index (χ0n) is 12.0. The van der Waals surface area contributed by atoms with Crippen LogP contribution in [0.5, 0.6) is 0 Å². The molecule has 4 aromatic rings. The van der Waals surface area contributed by atoms with Crippen LogP contribution in [0.1, 0.15) is 16.1 Å². The molecule has 4 rings (SSSR count). The van der Waals surface area contributed by atoms with E-state index in [1.165, 1.54) is 6.07 Å². The summed E-state index contributed by atoms with van der Waals surface area (Å²) in [5, 5.41) is 10.9. The number of benzene rings is 2. The minimum atomic E-state index is -1.15. The molecule has 0 spiro atoms. The zero-order valence-corrected chi connectivity index (χ0v) is 12.0. The second kappa shape index (κ2) is 4.98. The van der Waals surface area contributed by atoms with Crippen molar-refractivity contribution in [2.75, 3.05) is 0 Å². The van der Waals surface area contributed by atoms with Crippen molar-refractivity contribution >= 4 is 27.8 Å². The molecule has 0 fully saturated rings. The van der Waals surface area contributed by atoms with Gasteiger partial charge >= 0.3 is 5.97 Å². The van der Waals surface area contributed by atoms with Crippen LogP contribution in [0.2, 0.25) is 0 Å². The smallest absolute Gasteiger partial charge is 0.337 e. The monoisotopic (exact) mass is 309 g/mol. The van der Waals surface area contributed by atoms with Crippen LogP contribution >= 0.6 is 0 Å². The van der Waals surface area contributed by atoms with E-state index in [9.17, 15) is 14.3 Å². The Kier molecular flexibility index (Phi) is 2.94. The van der Waals surface area contributed by atoms with Crippen LogP contribution in [-0.2, 0) is 6.54 Å². The average molecular weight is 309 g/mol. The Morgan fingerprint density at radius 2 is 1.96 bits per heavy atom. The summed E-state index contributed by atoms with van der Waals surface area (Å²) in [6.07, 6.45) is 1.74. The topological polar surface area (TPSA) is 55.4 Å². The van der Waals surface area contributed by atoms with Crippen molar-refractivity contribution in [1.82, 2.24) is 4.57 Å². The van der Waals surface area contributed by atoms with Gasteiger partial charge in [0.1, 0.15) is 17.2 Å². The van der Waals surface area contributed by atoms with Gasteiger partial charge in [-0.15, -0.1) is 0 Å². The second-order valence-electron chi connectivity index (χ2n) is 5.39. The first kappa shape index (κ1) is 13.6. The maximum absolute atomic E-state index is 13.5. The van der Waals surface area contributed by atoms with Gasteiger partial charge in [-0.1, -0.05) is 18.2 Å². The van der Waals surface area contributed by atoms with Gasteiger partial charge in [0.2, 0.25) is 0 Å². The molecular weight excluding hydrogens is 297 g/mol. The standard InChI is InChI=1S/C18H12FNO3/c19-13-7-12-5-6-20(17(12)15(9-13)18(21)22)10-14-8-11-3-1-2-4-16(11)23-14/h1-9H,10H2,(H,21,22). The Hall–Kier alpha value is -3.08. The Morgan fingerprint density at radius 1 is 1.13 bits per heavy atom. The summed E-state index contributed by atoms with van der Waals surface area (Å²) >= 11 is 0. The number of carboxylic acid groups (broad SMARTS) is 1. The third-order valence-electron chi connectivity index (χ3n) is 3.86. The summed E-state index contributed by atoms with van der Waals surface area (Å²) in [6.45, 7) is 0.379. The quantitative estimate of drug-likeness (QED) is 0.615. The molecule has 2 aromatic carbocycles. The van der Waals surface area contributed by atoms with Crippen LogP contribution in [0.15, 0.2) is 59.1 Å². The first-order valence-electron chi connectivity index (χ1n) is 7.11. The summed E-state index contributed by atoms with van der Waals surface area (Å²) in [6, 6.07) is 13.7. The van der Waals surface area contributed by atoms with E-state index >= 15 is 0 Å². The molecule has 5 heteroatoms. The van der Waals surface area contributed by atoms with E-state index in [-0.39, 0.29) is 5.56 Å². The predicted octanol–water partition coefficient (Wildman–Crippen LogP) is 4.27. The van der Waals surface area contributed by atoms with E-state index in [0.717, 1.165) is 17.0 Å². The highest BCUT2D eigenvalue weighted by atomic mass is 19.1. The minimum Gasteiger partial charge on any atom is -0.478 e. The maximum Gasteiger partial charge on any atom is 0.337 e. The summed E-state index contributed by atoms with van der Waals surface area (Å²) in [5.74, 6) is -1.00.